The molecule has 0 saturated heterocycles. The maximum Gasteiger partial charge on any atom is 0.255 e. The van der Waals surface area contributed by atoms with E-state index in [0.29, 0.717) is 5.69 Å². The summed E-state index contributed by atoms with van der Waals surface area (Å²) in [6, 6.07) is 15.1. The van der Waals surface area contributed by atoms with Crippen LogP contribution < -0.4 is 10.0 Å². The fourth-order valence-corrected chi connectivity index (χ4v) is 3.65. The second-order valence-electron chi connectivity index (χ2n) is 6.47. The first-order valence-electron chi connectivity index (χ1n) is 8.72. The Hall–Kier alpha value is -3.03. The minimum absolute atomic E-state index is 0.0316. The monoisotopic (exact) mass is 395 g/mol. The summed E-state index contributed by atoms with van der Waals surface area (Å²) in [4.78, 5) is 16.5. The molecule has 0 bridgehead atoms. The van der Waals surface area contributed by atoms with Crippen molar-refractivity contribution in [1.29, 1.82) is 0 Å². The number of amides is 1. The van der Waals surface area contributed by atoms with Crippen LogP contribution in [-0.2, 0) is 16.6 Å². The second-order valence-corrected chi connectivity index (χ2v) is 8.23. The van der Waals surface area contributed by atoms with Gasteiger partial charge in [0.05, 0.1) is 4.90 Å². The number of benzene rings is 2. The average Bonchev–Trinajstić information content (AvgIpc) is 2.70. The van der Waals surface area contributed by atoms with Crippen LogP contribution in [0.15, 0.2) is 71.9 Å². The lowest BCUT2D eigenvalue weighted by Crippen LogP contribution is -2.23. The highest BCUT2D eigenvalue weighted by atomic mass is 32.2. The van der Waals surface area contributed by atoms with Gasteiger partial charge in [0.25, 0.3) is 5.91 Å². The van der Waals surface area contributed by atoms with Crippen molar-refractivity contribution < 1.29 is 13.2 Å². The van der Waals surface area contributed by atoms with Gasteiger partial charge in [-0.25, -0.2) is 13.1 Å². The number of hydrogen-bond acceptors (Lipinski definition) is 4. The lowest BCUT2D eigenvalue weighted by molar-refractivity contribution is 0.102. The van der Waals surface area contributed by atoms with E-state index in [2.05, 4.69) is 15.0 Å². The molecule has 6 nitrogen and oxygen atoms in total. The molecule has 2 aromatic carbocycles. The first kappa shape index (κ1) is 19.7. The number of carbonyl (C=O) groups excluding carboxylic acids is 1. The van der Waals surface area contributed by atoms with Crippen LogP contribution >= 0.6 is 0 Å². The van der Waals surface area contributed by atoms with Crippen molar-refractivity contribution in [1.82, 2.24) is 9.71 Å². The summed E-state index contributed by atoms with van der Waals surface area (Å²) in [5, 5.41) is 2.80. The van der Waals surface area contributed by atoms with E-state index >= 15 is 0 Å². The highest BCUT2D eigenvalue weighted by Gasteiger charge is 2.16. The van der Waals surface area contributed by atoms with Crippen molar-refractivity contribution in [2.45, 2.75) is 25.3 Å². The van der Waals surface area contributed by atoms with E-state index in [4.69, 9.17) is 0 Å². The van der Waals surface area contributed by atoms with Crippen molar-refractivity contribution in [3.05, 3.63) is 89.2 Å². The van der Waals surface area contributed by atoms with E-state index < -0.39 is 10.0 Å². The molecule has 2 N–H and O–H groups in total. The largest absolute Gasteiger partial charge is 0.322 e. The fourth-order valence-electron chi connectivity index (χ4n) is 2.59. The van der Waals surface area contributed by atoms with Crippen LogP contribution in [0.1, 0.15) is 27.0 Å². The summed E-state index contributed by atoms with van der Waals surface area (Å²) in [6.45, 7) is 4.08. The number of aromatic nitrogens is 1. The lowest BCUT2D eigenvalue weighted by Gasteiger charge is -2.10. The van der Waals surface area contributed by atoms with Crippen molar-refractivity contribution >= 4 is 21.6 Å². The predicted molar refractivity (Wildman–Crippen MR) is 109 cm³/mol. The normalized spacial score (nSPS) is 11.2. The third kappa shape index (κ3) is 4.82. The molecule has 0 spiro atoms. The SMILES string of the molecule is Cc1ccc(NC(=O)c2cccc(S(=O)(=O)NCc3cccnc3)c2)cc1C. The molecule has 3 aromatic rings. The molecule has 144 valence electrons. The van der Waals surface area contributed by atoms with Crippen molar-refractivity contribution in [2.24, 2.45) is 0 Å². The smallest absolute Gasteiger partial charge is 0.255 e. The molecule has 0 radical (unpaired) electrons. The molecule has 7 heteroatoms. The summed E-state index contributed by atoms with van der Waals surface area (Å²) in [5.41, 5.74) is 3.87. The number of hydrogen-bond donors (Lipinski definition) is 2. The van der Waals surface area contributed by atoms with E-state index in [9.17, 15) is 13.2 Å². The zero-order valence-corrected chi connectivity index (χ0v) is 16.5. The standard InChI is InChI=1S/C21H21N3O3S/c1-15-8-9-19(11-16(15)2)24-21(25)18-6-3-7-20(12-18)28(26,27)23-14-17-5-4-10-22-13-17/h3-13,23H,14H2,1-2H3,(H,24,25). The van der Waals surface area contributed by atoms with Gasteiger partial charge in [0, 0.05) is 30.2 Å². The van der Waals surface area contributed by atoms with Gasteiger partial charge in [-0.3, -0.25) is 9.78 Å². The van der Waals surface area contributed by atoms with Gasteiger partial charge in [-0.2, -0.15) is 0 Å². The van der Waals surface area contributed by atoms with Gasteiger partial charge in [-0.05, 0) is 66.9 Å². The summed E-state index contributed by atoms with van der Waals surface area (Å²) in [5.74, 6) is -0.368. The quantitative estimate of drug-likeness (QED) is 0.669. The Morgan fingerprint density at radius 1 is 1.00 bits per heavy atom. The number of sulfonamides is 1. The minimum Gasteiger partial charge on any atom is -0.322 e. The Labute approximate surface area is 164 Å². The summed E-state index contributed by atoms with van der Waals surface area (Å²) in [6.07, 6.45) is 3.21. The van der Waals surface area contributed by atoms with Gasteiger partial charge in [-0.1, -0.05) is 18.2 Å². The first-order valence-corrected chi connectivity index (χ1v) is 10.2. The molecule has 1 heterocycles. The highest BCUT2D eigenvalue weighted by Crippen LogP contribution is 2.17. The zero-order valence-electron chi connectivity index (χ0n) is 15.6. The van der Waals surface area contributed by atoms with Crippen LogP contribution in [0.25, 0.3) is 0 Å². The van der Waals surface area contributed by atoms with Gasteiger partial charge >= 0.3 is 0 Å². The Morgan fingerprint density at radius 3 is 2.54 bits per heavy atom. The summed E-state index contributed by atoms with van der Waals surface area (Å²) >= 11 is 0. The van der Waals surface area contributed by atoms with Gasteiger partial charge < -0.3 is 5.32 Å². The fraction of sp³-hybridized carbons (Fsp3) is 0.143. The molecule has 0 aliphatic heterocycles. The van der Waals surface area contributed by atoms with E-state index in [1.807, 2.05) is 32.0 Å². The molecule has 28 heavy (non-hydrogen) atoms. The maximum atomic E-state index is 12.6. The van der Waals surface area contributed by atoms with Crippen LogP contribution in [-0.4, -0.2) is 19.3 Å². The van der Waals surface area contributed by atoms with Gasteiger partial charge in [0.1, 0.15) is 0 Å². The third-order valence-electron chi connectivity index (χ3n) is 4.36. The highest BCUT2D eigenvalue weighted by molar-refractivity contribution is 7.89. The Bertz CT molecular complexity index is 1100. The Kier molecular flexibility index (Phi) is 5.87. The van der Waals surface area contributed by atoms with E-state index in [1.54, 1.807) is 36.7 Å². The van der Waals surface area contributed by atoms with Crippen LogP contribution in [0.2, 0.25) is 0 Å². The van der Waals surface area contributed by atoms with Gasteiger partial charge in [0.15, 0.2) is 0 Å². The van der Waals surface area contributed by atoms with Crippen LogP contribution in [0.4, 0.5) is 5.69 Å². The molecule has 0 unspecified atom stereocenters. The molecular weight excluding hydrogens is 374 g/mol. The molecule has 1 aromatic heterocycles. The number of pyridine rings is 1. The molecule has 0 fully saturated rings. The predicted octanol–water partition coefficient (Wildman–Crippen LogP) is 3.43. The molecule has 0 aliphatic carbocycles. The van der Waals surface area contributed by atoms with Crippen LogP contribution in [0, 0.1) is 13.8 Å². The van der Waals surface area contributed by atoms with Crippen molar-refractivity contribution in [2.75, 3.05) is 5.32 Å². The number of nitrogens with zero attached hydrogens (tertiary/aromatic N) is 1. The summed E-state index contributed by atoms with van der Waals surface area (Å²) in [7, 11) is -3.76. The summed E-state index contributed by atoms with van der Waals surface area (Å²) < 4.78 is 27.6. The van der Waals surface area contributed by atoms with Crippen LogP contribution in [0.3, 0.4) is 0 Å². The number of carbonyl (C=O) groups is 1. The average molecular weight is 395 g/mol. The maximum absolute atomic E-state index is 12.6. The second kappa shape index (κ2) is 8.33. The van der Waals surface area contributed by atoms with E-state index in [1.165, 1.54) is 12.1 Å². The molecular formula is C21H21N3O3S. The number of rotatable bonds is 6. The first-order chi connectivity index (χ1) is 13.3. The van der Waals surface area contributed by atoms with Gasteiger partial charge in [0.2, 0.25) is 10.0 Å². The zero-order chi connectivity index (χ0) is 20.1. The number of aryl methyl sites for hydroxylation is 2. The topological polar surface area (TPSA) is 88.2 Å². The number of anilines is 1. The molecule has 0 aliphatic rings. The van der Waals surface area contributed by atoms with Gasteiger partial charge in [-0.15, -0.1) is 0 Å². The Balaban J connectivity index is 1.75. The minimum atomic E-state index is -3.76. The van der Waals surface area contributed by atoms with E-state index in [-0.39, 0.29) is 22.9 Å². The third-order valence-corrected chi connectivity index (χ3v) is 5.76. The Morgan fingerprint density at radius 2 is 1.82 bits per heavy atom. The van der Waals surface area contributed by atoms with Crippen molar-refractivity contribution in [3.63, 3.8) is 0 Å². The number of nitrogens with one attached hydrogen (secondary N) is 2. The van der Waals surface area contributed by atoms with Crippen LogP contribution in [0.5, 0.6) is 0 Å². The molecule has 3 rings (SSSR count). The van der Waals surface area contributed by atoms with E-state index in [0.717, 1.165) is 16.7 Å². The molecule has 0 saturated carbocycles. The lowest BCUT2D eigenvalue weighted by atomic mass is 10.1. The molecule has 0 atom stereocenters. The molecule has 1 amide bonds. The van der Waals surface area contributed by atoms with Crippen molar-refractivity contribution in [3.8, 4) is 0 Å².